The van der Waals surface area contributed by atoms with Crippen molar-refractivity contribution in [2.75, 3.05) is 11.5 Å². The first-order chi connectivity index (χ1) is 4.70. The Morgan fingerprint density at radius 2 is 2.40 bits per heavy atom. The molecule has 1 aliphatic heterocycles. The maximum absolute atomic E-state index is 10.3. The zero-order valence-electron chi connectivity index (χ0n) is 5.33. The number of thioether (sulfide) groups is 1. The highest BCUT2D eigenvalue weighted by molar-refractivity contribution is 8.00. The molecular weight excluding hydrogens is 150 g/mol. The van der Waals surface area contributed by atoms with Crippen molar-refractivity contribution in [3.8, 4) is 0 Å². The van der Waals surface area contributed by atoms with Crippen LogP contribution in [0.4, 0.5) is 0 Å². The maximum atomic E-state index is 10.3. The molecule has 1 N–H and O–H groups in total. The van der Waals surface area contributed by atoms with Gasteiger partial charge in [0.1, 0.15) is 5.71 Å². The molecule has 0 aliphatic carbocycles. The summed E-state index contributed by atoms with van der Waals surface area (Å²) in [5.41, 5.74) is 0.856. The van der Waals surface area contributed by atoms with Crippen LogP contribution in [-0.4, -0.2) is 28.3 Å². The molecule has 10 heavy (non-hydrogen) atoms. The largest absolute Gasteiger partial charge is 0.477 e. The molecule has 0 saturated carbocycles. The Bertz CT molecular complexity index is 210. The highest BCUT2D eigenvalue weighted by Crippen LogP contribution is 2.14. The molecule has 1 rings (SSSR count). The lowest BCUT2D eigenvalue weighted by molar-refractivity contribution is -0.129. The van der Waals surface area contributed by atoms with Gasteiger partial charge in [-0.2, -0.15) is 0 Å². The molecule has 0 saturated heterocycles. The number of nitrogens with zero attached hydrogens (tertiary/aromatic N) is 1. The summed E-state index contributed by atoms with van der Waals surface area (Å²) >= 11 is 1.53. The number of hydrogen-bond acceptors (Lipinski definition) is 3. The second kappa shape index (κ2) is 2.88. The van der Waals surface area contributed by atoms with Crippen LogP contribution in [0.5, 0.6) is 0 Å². The van der Waals surface area contributed by atoms with E-state index < -0.39 is 5.97 Å². The van der Waals surface area contributed by atoms with Crippen LogP contribution >= 0.6 is 11.8 Å². The first-order valence-corrected chi connectivity index (χ1v) is 3.92. The predicted molar refractivity (Wildman–Crippen MR) is 41.5 cm³/mol. The van der Waals surface area contributed by atoms with Crippen LogP contribution in [0.1, 0.15) is 0 Å². The van der Waals surface area contributed by atoms with Gasteiger partial charge in [-0.25, -0.2) is 9.79 Å². The number of aliphatic carboxylic acids is 1. The van der Waals surface area contributed by atoms with Crippen LogP contribution in [-0.2, 0) is 4.79 Å². The average molecular weight is 157 g/mol. The van der Waals surface area contributed by atoms with E-state index in [-0.39, 0.29) is 5.71 Å². The highest BCUT2D eigenvalue weighted by atomic mass is 32.2. The van der Waals surface area contributed by atoms with Gasteiger partial charge in [-0.1, -0.05) is 6.58 Å². The first-order valence-electron chi connectivity index (χ1n) is 2.76. The Labute approximate surface area is 62.8 Å². The van der Waals surface area contributed by atoms with Crippen LogP contribution in [0, 0.1) is 0 Å². The van der Waals surface area contributed by atoms with E-state index in [1.807, 2.05) is 0 Å². The normalized spacial score (nSPS) is 18.4. The summed E-state index contributed by atoms with van der Waals surface area (Å²) in [5, 5.41) is 8.47. The van der Waals surface area contributed by atoms with Gasteiger partial charge >= 0.3 is 5.97 Å². The van der Waals surface area contributed by atoms with Crippen molar-refractivity contribution in [2.45, 2.75) is 0 Å². The lowest BCUT2D eigenvalue weighted by Crippen LogP contribution is -2.19. The summed E-state index contributed by atoms with van der Waals surface area (Å²) in [6, 6.07) is 0. The quantitative estimate of drug-likeness (QED) is 0.611. The van der Waals surface area contributed by atoms with E-state index in [4.69, 9.17) is 5.11 Å². The summed E-state index contributed by atoms with van der Waals surface area (Å²) in [6.07, 6.45) is 0. The summed E-state index contributed by atoms with van der Waals surface area (Å²) in [7, 11) is 0. The lowest BCUT2D eigenvalue weighted by Gasteiger charge is -2.08. The molecule has 0 aromatic rings. The maximum Gasteiger partial charge on any atom is 0.351 e. The van der Waals surface area contributed by atoms with Crippen molar-refractivity contribution in [1.82, 2.24) is 0 Å². The molecular formula is C6H7NO2S. The lowest BCUT2D eigenvalue weighted by atomic mass is 10.4. The van der Waals surface area contributed by atoms with E-state index in [1.165, 1.54) is 11.8 Å². The van der Waals surface area contributed by atoms with Crippen LogP contribution in [0.25, 0.3) is 0 Å². The van der Waals surface area contributed by atoms with E-state index >= 15 is 0 Å². The summed E-state index contributed by atoms with van der Waals surface area (Å²) in [6.45, 7) is 3.58. The van der Waals surface area contributed by atoms with E-state index in [9.17, 15) is 4.79 Å². The minimum absolute atomic E-state index is 0.209. The van der Waals surface area contributed by atoms with Crippen LogP contribution in [0.15, 0.2) is 17.3 Å². The number of carboxylic acids is 1. The van der Waals surface area contributed by atoms with Gasteiger partial charge in [0.05, 0.1) is 0 Å². The molecule has 0 unspecified atom stereocenters. The summed E-state index contributed by atoms with van der Waals surface area (Å²) < 4.78 is 0. The zero-order chi connectivity index (χ0) is 7.56. The van der Waals surface area contributed by atoms with Crippen LogP contribution < -0.4 is 0 Å². The summed E-state index contributed by atoms with van der Waals surface area (Å²) in [4.78, 5) is 14.1. The van der Waals surface area contributed by atoms with Gasteiger partial charge < -0.3 is 5.11 Å². The third kappa shape index (κ3) is 1.60. The van der Waals surface area contributed by atoms with E-state index in [0.717, 1.165) is 5.75 Å². The monoisotopic (exact) mass is 157 g/mol. The number of rotatable bonds is 1. The topological polar surface area (TPSA) is 49.7 Å². The number of carboxylic acid groups (broad SMARTS) is 1. The van der Waals surface area contributed by atoms with Crippen LogP contribution in [0.3, 0.4) is 0 Å². The minimum Gasteiger partial charge on any atom is -0.477 e. The molecule has 0 bridgehead atoms. The molecule has 54 valence electrons. The Hall–Kier alpha value is -0.770. The molecule has 0 aromatic carbocycles. The van der Waals surface area contributed by atoms with Gasteiger partial charge in [-0.05, 0) is 0 Å². The van der Waals surface area contributed by atoms with E-state index in [0.29, 0.717) is 11.4 Å². The van der Waals surface area contributed by atoms with Crippen molar-refractivity contribution in [2.24, 2.45) is 4.99 Å². The second-order valence-electron chi connectivity index (χ2n) is 1.92. The standard InChI is InChI=1S/C6H7NO2S/c1-4-2-10-3-5(7-4)6(8)9/h1-3H2,(H,8,9). The molecule has 3 nitrogen and oxygen atoms in total. The van der Waals surface area contributed by atoms with Crippen molar-refractivity contribution >= 4 is 23.4 Å². The zero-order valence-corrected chi connectivity index (χ0v) is 6.15. The van der Waals surface area contributed by atoms with Crippen molar-refractivity contribution in [3.05, 3.63) is 12.3 Å². The molecule has 1 aliphatic rings. The van der Waals surface area contributed by atoms with Gasteiger partial charge in [0, 0.05) is 17.2 Å². The third-order valence-corrected chi connectivity index (χ3v) is 2.06. The molecule has 0 spiro atoms. The fourth-order valence-corrected chi connectivity index (χ4v) is 1.41. The van der Waals surface area contributed by atoms with Gasteiger partial charge in [-0.3, -0.25) is 0 Å². The Kier molecular flexibility index (Phi) is 2.11. The Morgan fingerprint density at radius 1 is 1.70 bits per heavy atom. The van der Waals surface area contributed by atoms with Gasteiger partial charge in [0.2, 0.25) is 0 Å². The highest BCUT2D eigenvalue weighted by Gasteiger charge is 2.13. The molecule has 0 amide bonds. The van der Waals surface area contributed by atoms with E-state index in [2.05, 4.69) is 11.6 Å². The predicted octanol–water partition coefficient (Wildman–Crippen LogP) is 0.772. The molecule has 4 heteroatoms. The van der Waals surface area contributed by atoms with Gasteiger partial charge in [-0.15, -0.1) is 11.8 Å². The fourth-order valence-electron chi connectivity index (χ4n) is 0.630. The Balaban J connectivity index is 2.75. The summed E-state index contributed by atoms with van der Waals surface area (Å²) in [5.74, 6) is 0.304. The second-order valence-corrected chi connectivity index (χ2v) is 2.91. The SMILES string of the molecule is C=C1CSCC(C(=O)O)=N1. The Morgan fingerprint density at radius 3 is 2.80 bits per heavy atom. The molecule has 0 radical (unpaired) electrons. The van der Waals surface area contributed by atoms with E-state index in [1.54, 1.807) is 0 Å². The van der Waals surface area contributed by atoms with Crippen LogP contribution in [0.2, 0.25) is 0 Å². The van der Waals surface area contributed by atoms with Gasteiger partial charge in [0.25, 0.3) is 0 Å². The van der Waals surface area contributed by atoms with Crippen molar-refractivity contribution in [3.63, 3.8) is 0 Å². The molecule has 1 heterocycles. The molecule has 0 fully saturated rings. The molecule has 0 aromatic heterocycles. The van der Waals surface area contributed by atoms with Gasteiger partial charge in [0.15, 0.2) is 0 Å². The minimum atomic E-state index is -0.937. The van der Waals surface area contributed by atoms with Crippen molar-refractivity contribution in [1.29, 1.82) is 0 Å². The molecule has 0 atom stereocenters. The van der Waals surface area contributed by atoms with Crippen molar-refractivity contribution < 1.29 is 9.90 Å². The first kappa shape index (κ1) is 7.34. The fraction of sp³-hybridized carbons (Fsp3) is 0.333. The number of aliphatic imine (C=N–C) groups is 1. The number of carbonyl (C=O) groups is 1. The smallest absolute Gasteiger partial charge is 0.351 e. The average Bonchev–Trinajstić information content (AvgIpc) is 1.88. The third-order valence-electron chi connectivity index (χ3n) is 1.05. The number of hydrogen-bond donors (Lipinski definition) is 1.